The number of amides is 1. The molecule has 2 aliphatic rings. The second kappa shape index (κ2) is 5.70. The largest absolute Gasteiger partial charge is 0.487 e. The zero-order valence-electron chi connectivity index (χ0n) is 15.2. The monoisotopic (exact) mass is 387 g/mol. The SMILES string of the molecule is CN1C(=O)C2(CC(C)(C)Oc3ccc(-c4cccc(Cl)c4)c(F)c32)N=C1N. The van der Waals surface area contributed by atoms with E-state index in [4.69, 9.17) is 22.1 Å². The van der Waals surface area contributed by atoms with Crippen molar-refractivity contribution in [1.29, 1.82) is 0 Å². The van der Waals surface area contributed by atoms with E-state index in [1.54, 1.807) is 36.4 Å². The Morgan fingerprint density at radius 2 is 2.04 bits per heavy atom. The Kier molecular flexibility index (Phi) is 3.75. The van der Waals surface area contributed by atoms with Gasteiger partial charge in [0.2, 0.25) is 0 Å². The molecule has 2 aromatic carbocycles. The first-order chi connectivity index (χ1) is 12.6. The highest BCUT2D eigenvalue weighted by Gasteiger charge is 2.57. The van der Waals surface area contributed by atoms with Crippen LogP contribution >= 0.6 is 11.6 Å². The molecule has 0 radical (unpaired) electrons. The topological polar surface area (TPSA) is 67.9 Å². The molecule has 1 amide bonds. The summed E-state index contributed by atoms with van der Waals surface area (Å²) in [5, 5.41) is 0.496. The maximum absolute atomic E-state index is 15.7. The third-order valence-electron chi connectivity index (χ3n) is 5.03. The summed E-state index contributed by atoms with van der Waals surface area (Å²) in [5.41, 5.74) is 4.83. The normalized spacial score (nSPS) is 23.2. The van der Waals surface area contributed by atoms with Gasteiger partial charge in [-0.15, -0.1) is 0 Å². The number of carbonyl (C=O) groups excluding carboxylic acids is 1. The van der Waals surface area contributed by atoms with Gasteiger partial charge in [0, 0.05) is 24.1 Å². The van der Waals surface area contributed by atoms with Crippen LogP contribution in [0.5, 0.6) is 5.75 Å². The third-order valence-corrected chi connectivity index (χ3v) is 5.26. The molecular formula is C20H19ClFN3O2. The molecular weight excluding hydrogens is 369 g/mol. The van der Waals surface area contributed by atoms with E-state index in [-0.39, 0.29) is 23.9 Å². The van der Waals surface area contributed by atoms with Crippen molar-refractivity contribution in [3.8, 4) is 16.9 Å². The van der Waals surface area contributed by atoms with Gasteiger partial charge in [-0.3, -0.25) is 9.69 Å². The number of hydrogen-bond acceptors (Lipinski definition) is 4. The van der Waals surface area contributed by atoms with Crippen molar-refractivity contribution in [3.63, 3.8) is 0 Å². The first kappa shape index (κ1) is 17.8. The molecule has 0 bridgehead atoms. The van der Waals surface area contributed by atoms with Gasteiger partial charge in [0.05, 0.1) is 5.56 Å². The van der Waals surface area contributed by atoms with Crippen LogP contribution in [0.4, 0.5) is 4.39 Å². The molecule has 2 heterocycles. The summed E-state index contributed by atoms with van der Waals surface area (Å²) in [6, 6.07) is 10.2. The number of nitrogens with two attached hydrogens (primary N) is 1. The Hall–Kier alpha value is -2.60. The summed E-state index contributed by atoms with van der Waals surface area (Å²) in [7, 11) is 1.54. The molecule has 7 heteroatoms. The fraction of sp³-hybridized carbons (Fsp3) is 0.300. The van der Waals surface area contributed by atoms with Gasteiger partial charge in [-0.05, 0) is 43.7 Å². The summed E-state index contributed by atoms with van der Waals surface area (Å²) >= 11 is 6.06. The molecule has 5 nitrogen and oxygen atoms in total. The zero-order valence-corrected chi connectivity index (χ0v) is 16.0. The number of aliphatic imine (C=N–C) groups is 1. The minimum Gasteiger partial charge on any atom is -0.487 e. The van der Waals surface area contributed by atoms with Crippen LogP contribution in [-0.2, 0) is 10.3 Å². The van der Waals surface area contributed by atoms with Crippen LogP contribution in [0.25, 0.3) is 11.1 Å². The van der Waals surface area contributed by atoms with E-state index in [1.807, 2.05) is 13.8 Å². The minimum absolute atomic E-state index is 0.0659. The Labute approximate surface area is 161 Å². The lowest BCUT2D eigenvalue weighted by molar-refractivity contribution is -0.133. The van der Waals surface area contributed by atoms with Gasteiger partial charge in [0.1, 0.15) is 17.2 Å². The molecule has 2 aromatic rings. The van der Waals surface area contributed by atoms with Crippen molar-refractivity contribution >= 4 is 23.5 Å². The van der Waals surface area contributed by atoms with Crippen LogP contribution in [0.1, 0.15) is 25.8 Å². The number of fused-ring (bicyclic) bond motifs is 2. The van der Waals surface area contributed by atoms with E-state index >= 15 is 4.39 Å². The molecule has 1 unspecified atom stereocenters. The molecule has 0 saturated carbocycles. The maximum Gasteiger partial charge on any atom is 0.262 e. The summed E-state index contributed by atoms with van der Waals surface area (Å²) in [4.78, 5) is 18.8. The molecule has 2 aliphatic heterocycles. The fourth-order valence-corrected chi connectivity index (χ4v) is 4.11. The Morgan fingerprint density at radius 3 is 2.67 bits per heavy atom. The van der Waals surface area contributed by atoms with Crippen molar-refractivity contribution in [1.82, 2.24) is 4.90 Å². The molecule has 27 heavy (non-hydrogen) atoms. The van der Waals surface area contributed by atoms with Gasteiger partial charge >= 0.3 is 0 Å². The number of benzene rings is 2. The Balaban J connectivity index is 2.00. The molecule has 0 aromatic heterocycles. The molecule has 0 fully saturated rings. The Morgan fingerprint density at radius 1 is 1.30 bits per heavy atom. The zero-order chi connectivity index (χ0) is 19.6. The summed E-state index contributed by atoms with van der Waals surface area (Å²) in [6.07, 6.45) is 0.187. The van der Waals surface area contributed by atoms with Crippen molar-refractivity contribution in [2.24, 2.45) is 10.7 Å². The standard InChI is InChI=1S/C20H19ClFN3O2/c1-19(2)10-20(17(26)25(3)18(23)24-20)15-14(27-19)8-7-13(16(15)22)11-5-4-6-12(21)9-11/h4-9H,10H2,1-3H3,(H2,23,24). The van der Waals surface area contributed by atoms with Crippen LogP contribution in [0.15, 0.2) is 41.4 Å². The van der Waals surface area contributed by atoms with Crippen molar-refractivity contribution in [2.75, 3.05) is 7.05 Å². The predicted molar refractivity (Wildman–Crippen MR) is 102 cm³/mol. The molecule has 2 N–H and O–H groups in total. The average Bonchev–Trinajstić information content (AvgIpc) is 2.78. The highest BCUT2D eigenvalue weighted by molar-refractivity contribution is 6.30. The van der Waals surface area contributed by atoms with Gasteiger partial charge in [-0.1, -0.05) is 23.7 Å². The van der Waals surface area contributed by atoms with E-state index < -0.39 is 17.0 Å². The number of rotatable bonds is 1. The van der Waals surface area contributed by atoms with Crippen LogP contribution in [0.3, 0.4) is 0 Å². The lowest BCUT2D eigenvalue weighted by Gasteiger charge is -2.41. The van der Waals surface area contributed by atoms with Crippen LogP contribution < -0.4 is 10.5 Å². The fourth-order valence-electron chi connectivity index (χ4n) is 3.92. The number of carbonyl (C=O) groups is 1. The van der Waals surface area contributed by atoms with E-state index in [9.17, 15) is 4.79 Å². The van der Waals surface area contributed by atoms with Crippen LogP contribution in [0, 0.1) is 5.82 Å². The molecule has 4 rings (SSSR count). The predicted octanol–water partition coefficient (Wildman–Crippen LogP) is 3.69. The van der Waals surface area contributed by atoms with Crippen LogP contribution in [-0.4, -0.2) is 29.4 Å². The number of likely N-dealkylation sites (N-methyl/N-ethyl adjacent to an activating group) is 1. The number of ether oxygens (including phenoxy) is 1. The smallest absolute Gasteiger partial charge is 0.262 e. The van der Waals surface area contributed by atoms with E-state index in [0.29, 0.717) is 21.9 Å². The molecule has 0 aliphatic carbocycles. The summed E-state index contributed by atoms with van der Waals surface area (Å²) in [5.74, 6) is -0.545. The van der Waals surface area contributed by atoms with Crippen LogP contribution in [0.2, 0.25) is 5.02 Å². The molecule has 1 atom stereocenters. The first-order valence-electron chi connectivity index (χ1n) is 8.56. The second-order valence-electron chi connectivity index (χ2n) is 7.54. The summed E-state index contributed by atoms with van der Waals surface area (Å²) < 4.78 is 21.7. The van der Waals surface area contributed by atoms with Gasteiger partial charge in [0.25, 0.3) is 5.91 Å². The molecule has 0 saturated heterocycles. The van der Waals surface area contributed by atoms with Gasteiger partial charge in [-0.2, -0.15) is 0 Å². The van der Waals surface area contributed by atoms with E-state index in [1.165, 1.54) is 11.9 Å². The highest BCUT2D eigenvalue weighted by atomic mass is 35.5. The summed E-state index contributed by atoms with van der Waals surface area (Å²) in [6.45, 7) is 3.69. The van der Waals surface area contributed by atoms with Crippen molar-refractivity contribution in [2.45, 2.75) is 31.4 Å². The van der Waals surface area contributed by atoms with E-state index in [0.717, 1.165) is 0 Å². The first-order valence-corrected chi connectivity index (χ1v) is 8.94. The lowest BCUT2D eigenvalue weighted by Crippen LogP contribution is -2.49. The number of halogens is 2. The van der Waals surface area contributed by atoms with Crippen molar-refractivity contribution in [3.05, 3.63) is 52.8 Å². The van der Waals surface area contributed by atoms with Gasteiger partial charge < -0.3 is 10.5 Å². The lowest BCUT2D eigenvalue weighted by atomic mass is 9.76. The van der Waals surface area contributed by atoms with E-state index in [2.05, 4.69) is 4.99 Å². The molecule has 1 spiro atoms. The molecule has 140 valence electrons. The maximum atomic E-state index is 15.7. The van der Waals surface area contributed by atoms with Gasteiger partial charge in [-0.25, -0.2) is 9.38 Å². The minimum atomic E-state index is -1.44. The van der Waals surface area contributed by atoms with Gasteiger partial charge in [0.15, 0.2) is 11.5 Å². The average molecular weight is 388 g/mol. The number of guanidine groups is 1. The quantitative estimate of drug-likeness (QED) is 0.811. The van der Waals surface area contributed by atoms with Crippen molar-refractivity contribution < 1.29 is 13.9 Å². The Bertz CT molecular complexity index is 1000. The second-order valence-corrected chi connectivity index (χ2v) is 7.98. The number of nitrogens with zero attached hydrogens (tertiary/aromatic N) is 2. The third kappa shape index (κ3) is 2.58. The highest BCUT2D eigenvalue weighted by Crippen LogP contribution is 2.51. The number of hydrogen-bond donors (Lipinski definition) is 1.